The first-order valence-corrected chi connectivity index (χ1v) is 7.68. The minimum absolute atomic E-state index is 0.193. The van der Waals surface area contributed by atoms with E-state index in [1.807, 2.05) is 29.5 Å². The van der Waals surface area contributed by atoms with E-state index in [1.165, 1.54) is 16.2 Å². The molecule has 0 saturated heterocycles. The quantitative estimate of drug-likeness (QED) is 0.775. The van der Waals surface area contributed by atoms with Gasteiger partial charge in [0, 0.05) is 21.3 Å². The van der Waals surface area contributed by atoms with Crippen LogP contribution in [0.5, 0.6) is 0 Å². The van der Waals surface area contributed by atoms with Crippen LogP contribution in [0.1, 0.15) is 14.5 Å². The molecule has 0 bridgehead atoms. The fraction of sp³-hybridized carbons (Fsp3) is 0.250. The Balaban J connectivity index is 1.89. The molecule has 0 unspecified atom stereocenters. The first-order chi connectivity index (χ1) is 8.15. The zero-order chi connectivity index (χ0) is 12.3. The molecule has 17 heavy (non-hydrogen) atoms. The molecule has 0 aliphatic rings. The highest BCUT2D eigenvalue weighted by atomic mass is 79.9. The lowest BCUT2D eigenvalue weighted by Gasteiger charge is -2.13. The highest BCUT2D eigenvalue weighted by molar-refractivity contribution is 9.10. The summed E-state index contributed by atoms with van der Waals surface area (Å²) in [5.74, 6) is 0.193. The summed E-state index contributed by atoms with van der Waals surface area (Å²) in [6, 6.07) is 5.88. The topological polar surface area (TPSA) is 20.3 Å². The normalized spacial score (nSPS) is 11.0. The van der Waals surface area contributed by atoms with Gasteiger partial charge >= 0.3 is 0 Å². The number of nitrogens with zero attached hydrogens (tertiary/aromatic N) is 1. The molecular formula is C12H12BrNOS2. The molecule has 0 aromatic carbocycles. The molecule has 5 heteroatoms. The summed E-state index contributed by atoms with van der Waals surface area (Å²) in [6.45, 7) is 1.28. The van der Waals surface area contributed by atoms with Crippen LogP contribution in [0.2, 0.25) is 0 Å². The van der Waals surface area contributed by atoms with Crippen LogP contribution in [-0.2, 0) is 6.54 Å². The molecule has 2 aromatic heterocycles. The fourth-order valence-corrected chi connectivity index (χ4v) is 3.71. The standard InChI is InChI=1S/C12H12BrNOS2/c1-14(6-10-5-9(13)8-17-10)7-11(15)12-3-2-4-16-12/h2-5,8H,6-7H2,1H3. The third-order valence-corrected chi connectivity index (χ3v) is 4.85. The molecule has 0 N–H and O–H groups in total. The molecule has 2 nitrogen and oxygen atoms in total. The van der Waals surface area contributed by atoms with Crippen molar-refractivity contribution in [3.05, 3.63) is 43.2 Å². The van der Waals surface area contributed by atoms with E-state index in [0.29, 0.717) is 6.54 Å². The Bertz CT molecular complexity index is 492. The van der Waals surface area contributed by atoms with Crippen molar-refractivity contribution in [3.8, 4) is 0 Å². The molecule has 90 valence electrons. The van der Waals surface area contributed by atoms with Crippen molar-refractivity contribution in [2.24, 2.45) is 0 Å². The number of hydrogen-bond acceptors (Lipinski definition) is 4. The van der Waals surface area contributed by atoms with Gasteiger partial charge in [-0.3, -0.25) is 9.69 Å². The molecule has 0 aliphatic carbocycles. The lowest BCUT2D eigenvalue weighted by molar-refractivity contribution is 0.0947. The number of hydrogen-bond donors (Lipinski definition) is 0. The average molecular weight is 330 g/mol. The number of rotatable bonds is 5. The van der Waals surface area contributed by atoms with Gasteiger partial charge in [0.1, 0.15) is 0 Å². The number of ketones is 1. The molecular weight excluding hydrogens is 318 g/mol. The maximum atomic E-state index is 11.9. The molecule has 0 aliphatic heterocycles. The summed E-state index contributed by atoms with van der Waals surface area (Å²) < 4.78 is 1.11. The van der Waals surface area contributed by atoms with Crippen LogP contribution < -0.4 is 0 Å². The summed E-state index contributed by atoms with van der Waals surface area (Å²) in [5, 5.41) is 3.99. The van der Waals surface area contributed by atoms with Crippen LogP contribution in [0.3, 0.4) is 0 Å². The zero-order valence-corrected chi connectivity index (χ0v) is 12.6. The molecule has 0 fully saturated rings. The van der Waals surface area contributed by atoms with Gasteiger partial charge in [-0.05, 0) is 40.5 Å². The Morgan fingerprint density at radius 2 is 2.29 bits per heavy atom. The van der Waals surface area contributed by atoms with Crippen LogP contribution in [-0.4, -0.2) is 24.3 Å². The van der Waals surface area contributed by atoms with Crippen molar-refractivity contribution < 1.29 is 4.79 Å². The smallest absolute Gasteiger partial charge is 0.186 e. The second kappa shape index (κ2) is 5.91. The molecule has 0 radical (unpaired) electrons. The van der Waals surface area contributed by atoms with E-state index >= 15 is 0 Å². The molecule has 2 aromatic rings. The van der Waals surface area contributed by atoms with E-state index in [1.54, 1.807) is 11.3 Å². The van der Waals surface area contributed by atoms with Gasteiger partial charge in [0.15, 0.2) is 5.78 Å². The van der Waals surface area contributed by atoms with Gasteiger partial charge < -0.3 is 0 Å². The largest absolute Gasteiger partial charge is 0.294 e. The Labute approximate surface area is 117 Å². The zero-order valence-electron chi connectivity index (χ0n) is 9.35. The van der Waals surface area contributed by atoms with Gasteiger partial charge in [-0.2, -0.15) is 0 Å². The van der Waals surface area contributed by atoms with Gasteiger partial charge in [-0.25, -0.2) is 0 Å². The second-order valence-corrected chi connectivity index (χ2v) is 6.66. The lowest BCUT2D eigenvalue weighted by atomic mass is 10.3. The average Bonchev–Trinajstić information content (AvgIpc) is 2.89. The van der Waals surface area contributed by atoms with Gasteiger partial charge in [0.25, 0.3) is 0 Å². The summed E-state index contributed by atoms with van der Waals surface area (Å²) in [5.41, 5.74) is 0. The number of thiophene rings is 2. The van der Waals surface area contributed by atoms with Gasteiger partial charge in [0.05, 0.1) is 11.4 Å². The fourth-order valence-electron chi connectivity index (χ4n) is 1.52. The van der Waals surface area contributed by atoms with E-state index in [4.69, 9.17) is 0 Å². The third-order valence-electron chi connectivity index (χ3n) is 2.26. The van der Waals surface area contributed by atoms with Crippen molar-refractivity contribution >= 4 is 44.4 Å². The van der Waals surface area contributed by atoms with Gasteiger partial charge in [0.2, 0.25) is 0 Å². The Morgan fingerprint density at radius 3 is 2.88 bits per heavy atom. The van der Waals surface area contributed by atoms with Crippen LogP contribution >= 0.6 is 38.6 Å². The van der Waals surface area contributed by atoms with E-state index in [2.05, 4.69) is 27.4 Å². The Morgan fingerprint density at radius 1 is 1.47 bits per heavy atom. The van der Waals surface area contributed by atoms with Crippen molar-refractivity contribution in [1.29, 1.82) is 0 Å². The molecule has 0 spiro atoms. The van der Waals surface area contributed by atoms with E-state index < -0.39 is 0 Å². The van der Waals surface area contributed by atoms with Gasteiger partial charge in [-0.1, -0.05) is 6.07 Å². The SMILES string of the molecule is CN(CC(=O)c1cccs1)Cc1cc(Br)cs1. The van der Waals surface area contributed by atoms with Crippen LogP contribution in [0.15, 0.2) is 33.4 Å². The summed E-state index contributed by atoms with van der Waals surface area (Å²) in [6.07, 6.45) is 0. The predicted octanol–water partition coefficient (Wildman–Crippen LogP) is 3.89. The minimum atomic E-state index is 0.193. The minimum Gasteiger partial charge on any atom is -0.294 e. The van der Waals surface area contributed by atoms with E-state index in [9.17, 15) is 4.79 Å². The number of halogens is 1. The summed E-state index contributed by atoms with van der Waals surface area (Å²) >= 11 is 6.64. The van der Waals surface area contributed by atoms with Crippen LogP contribution in [0, 0.1) is 0 Å². The van der Waals surface area contributed by atoms with Crippen LogP contribution in [0.4, 0.5) is 0 Å². The van der Waals surface area contributed by atoms with E-state index in [-0.39, 0.29) is 5.78 Å². The summed E-state index contributed by atoms with van der Waals surface area (Å²) in [7, 11) is 1.97. The maximum Gasteiger partial charge on any atom is 0.186 e. The van der Waals surface area contributed by atoms with Crippen molar-refractivity contribution in [2.45, 2.75) is 6.54 Å². The Hall–Kier alpha value is -0.490. The monoisotopic (exact) mass is 329 g/mol. The highest BCUT2D eigenvalue weighted by Gasteiger charge is 2.11. The van der Waals surface area contributed by atoms with E-state index in [0.717, 1.165) is 15.9 Å². The first kappa shape index (κ1) is 13.0. The first-order valence-electron chi connectivity index (χ1n) is 5.13. The molecule has 0 amide bonds. The molecule has 2 heterocycles. The molecule has 2 rings (SSSR count). The maximum absolute atomic E-state index is 11.9. The predicted molar refractivity (Wildman–Crippen MR) is 77.0 cm³/mol. The highest BCUT2D eigenvalue weighted by Crippen LogP contribution is 2.21. The second-order valence-electron chi connectivity index (χ2n) is 3.80. The number of carbonyl (C=O) groups excluding carboxylic acids is 1. The van der Waals surface area contributed by atoms with Gasteiger partial charge in [-0.15, -0.1) is 22.7 Å². The van der Waals surface area contributed by atoms with Crippen molar-refractivity contribution in [3.63, 3.8) is 0 Å². The molecule has 0 saturated carbocycles. The van der Waals surface area contributed by atoms with Crippen molar-refractivity contribution in [1.82, 2.24) is 4.90 Å². The number of carbonyl (C=O) groups is 1. The van der Waals surface area contributed by atoms with Crippen LogP contribution in [0.25, 0.3) is 0 Å². The summed E-state index contributed by atoms with van der Waals surface area (Å²) in [4.78, 5) is 16.0. The lowest BCUT2D eigenvalue weighted by Crippen LogP contribution is -2.24. The number of Topliss-reactive ketones (excluding diaryl/α,β-unsaturated/α-hetero) is 1. The molecule has 0 atom stereocenters. The number of likely N-dealkylation sites (N-methyl/N-ethyl adjacent to an activating group) is 1. The Kier molecular flexibility index (Phi) is 4.50. The van der Waals surface area contributed by atoms with Crippen molar-refractivity contribution in [2.75, 3.05) is 13.6 Å². The third kappa shape index (κ3) is 3.74.